The van der Waals surface area contributed by atoms with Crippen LogP contribution in [0.1, 0.15) is 58.3 Å². The minimum atomic E-state index is -0.227. The largest absolute Gasteiger partial charge is 0.446 e. The molecule has 0 atom stereocenters. The number of alkyl carbamates (subject to hydrolysis) is 1. The van der Waals surface area contributed by atoms with Gasteiger partial charge >= 0.3 is 6.09 Å². The molecule has 15 heavy (non-hydrogen) atoms. The molecule has 0 unspecified atom stereocenters. The van der Waals surface area contributed by atoms with Crippen molar-refractivity contribution >= 4 is 6.09 Å². The van der Waals surface area contributed by atoms with Crippen LogP contribution in [0, 0.1) is 0 Å². The molecule has 0 aromatic carbocycles. The van der Waals surface area contributed by atoms with Crippen LogP contribution >= 0.6 is 0 Å². The molecule has 0 radical (unpaired) electrons. The monoisotopic (exact) mass is 213 g/mol. The van der Waals surface area contributed by atoms with Crippen molar-refractivity contribution in [1.82, 2.24) is 5.32 Å². The van der Waals surface area contributed by atoms with E-state index in [0.717, 1.165) is 32.2 Å². The van der Waals surface area contributed by atoms with Crippen LogP contribution in [0.2, 0.25) is 0 Å². The lowest BCUT2D eigenvalue weighted by Crippen LogP contribution is -2.29. The van der Waals surface area contributed by atoms with Gasteiger partial charge < -0.3 is 10.1 Å². The zero-order chi connectivity index (χ0) is 10.9. The van der Waals surface area contributed by atoms with Gasteiger partial charge in [-0.25, -0.2) is 4.79 Å². The van der Waals surface area contributed by atoms with Crippen molar-refractivity contribution in [2.75, 3.05) is 6.54 Å². The highest BCUT2D eigenvalue weighted by atomic mass is 16.6. The molecule has 1 fully saturated rings. The zero-order valence-corrected chi connectivity index (χ0v) is 9.76. The number of carbonyl (C=O) groups is 1. The Morgan fingerprint density at radius 1 is 1.27 bits per heavy atom. The highest BCUT2D eigenvalue weighted by Gasteiger charge is 2.15. The standard InChI is InChI=1S/C12H23NO2/c1-2-3-10-13-12(14)15-11-8-6-4-5-7-9-11/h11H,2-10H2,1H3,(H,13,14). The molecule has 0 saturated heterocycles. The van der Waals surface area contributed by atoms with Crippen molar-refractivity contribution in [2.24, 2.45) is 0 Å². The number of nitrogens with one attached hydrogen (secondary N) is 1. The van der Waals surface area contributed by atoms with Crippen molar-refractivity contribution in [3.8, 4) is 0 Å². The van der Waals surface area contributed by atoms with E-state index >= 15 is 0 Å². The first-order valence-corrected chi connectivity index (χ1v) is 6.27. The number of hydrogen-bond acceptors (Lipinski definition) is 2. The van der Waals surface area contributed by atoms with Gasteiger partial charge in [-0.2, -0.15) is 0 Å². The van der Waals surface area contributed by atoms with Gasteiger partial charge in [-0.1, -0.05) is 26.2 Å². The maximum absolute atomic E-state index is 11.4. The molecule has 0 heterocycles. The molecule has 1 amide bonds. The van der Waals surface area contributed by atoms with Crippen LogP contribution in [-0.4, -0.2) is 18.7 Å². The molecular weight excluding hydrogens is 190 g/mol. The third-order valence-corrected chi connectivity index (χ3v) is 2.88. The van der Waals surface area contributed by atoms with E-state index in [1.54, 1.807) is 0 Å². The average Bonchev–Trinajstić information content (AvgIpc) is 2.47. The van der Waals surface area contributed by atoms with Crippen molar-refractivity contribution in [2.45, 2.75) is 64.4 Å². The number of amides is 1. The van der Waals surface area contributed by atoms with E-state index in [-0.39, 0.29) is 12.2 Å². The number of unbranched alkanes of at least 4 members (excludes halogenated alkanes) is 1. The number of hydrogen-bond donors (Lipinski definition) is 1. The Labute approximate surface area is 92.6 Å². The van der Waals surface area contributed by atoms with Crippen molar-refractivity contribution < 1.29 is 9.53 Å². The Kier molecular flexibility index (Phi) is 6.21. The molecule has 3 nitrogen and oxygen atoms in total. The molecule has 88 valence electrons. The molecule has 0 aromatic heterocycles. The third kappa shape index (κ3) is 5.65. The van der Waals surface area contributed by atoms with E-state index < -0.39 is 0 Å². The van der Waals surface area contributed by atoms with Gasteiger partial charge in [-0.05, 0) is 32.1 Å². The minimum Gasteiger partial charge on any atom is -0.446 e. The van der Waals surface area contributed by atoms with Crippen molar-refractivity contribution in [3.05, 3.63) is 0 Å². The summed E-state index contributed by atoms with van der Waals surface area (Å²) in [6.07, 6.45) is 9.13. The summed E-state index contributed by atoms with van der Waals surface area (Å²) in [5, 5.41) is 2.79. The van der Waals surface area contributed by atoms with E-state index in [9.17, 15) is 4.79 Å². The number of ether oxygens (including phenoxy) is 1. The summed E-state index contributed by atoms with van der Waals surface area (Å²) in [5.41, 5.74) is 0. The van der Waals surface area contributed by atoms with Crippen molar-refractivity contribution in [1.29, 1.82) is 0 Å². The summed E-state index contributed by atoms with van der Waals surface area (Å²) in [5.74, 6) is 0. The molecule has 0 bridgehead atoms. The fourth-order valence-corrected chi connectivity index (χ4v) is 1.92. The quantitative estimate of drug-likeness (QED) is 0.575. The first-order chi connectivity index (χ1) is 7.33. The summed E-state index contributed by atoms with van der Waals surface area (Å²) in [4.78, 5) is 11.4. The van der Waals surface area contributed by atoms with E-state index in [4.69, 9.17) is 4.74 Å². The average molecular weight is 213 g/mol. The predicted octanol–water partition coefficient (Wildman–Crippen LogP) is 3.24. The van der Waals surface area contributed by atoms with Gasteiger partial charge in [-0.15, -0.1) is 0 Å². The lowest BCUT2D eigenvalue weighted by atomic mass is 10.2. The summed E-state index contributed by atoms with van der Waals surface area (Å²) >= 11 is 0. The Morgan fingerprint density at radius 2 is 1.93 bits per heavy atom. The molecule has 0 aliphatic heterocycles. The SMILES string of the molecule is CCCCNC(=O)OC1CCCCCC1. The van der Waals surface area contributed by atoms with Crippen LogP contribution < -0.4 is 5.32 Å². The molecular formula is C12H23NO2. The molecule has 1 saturated carbocycles. The topological polar surface area (TPSA) is 38.3 Å². The van der Waals surface area contributed by atoms with E-state index in [1.807, 2.05) is 0 Å². The molecule has 0 aromatic rings. The Balaban J connectivity index is 2.12. The lowest BCUT2D eigenvalue weighted by Gasteiger charge is -2.15. The number of rotatable bonds is 4. The highest BCUT2D eigenvalue weighted by molar-refractivity contribution is 5.67. The van der Waals surface area contributed by atoms with Gasteiger partial charge in [0.25, 0.3) is 0 Å². The molecule has 1 N–H and O–H groups in total. The fraction of sp³-hybridized carbons (Fsp3) is 0.917. The van der Waals surface area contributed by atoms with Gasteiger partial charge in [0, 0.05) is 6.54 Å². The normalized spacial score (nSPS) is 18.2. The smallest absolute Gasteiger partial charge is 0.407 e. The van der Waals surface area contributed by atoms with Gasteiger partial charge in [0.15, 0.2) is 0 Å². The van der Waals surface area contributed by atoms with E-state index in [1.165, 1.54) is 25.7 Å². The van der Waals surface area contributed by atoms with Gasteiger partial charge in [0.2, 0.25) is 0 Å². The van der Waals surface area contributed by atoms with Crippen LogP contribution in [-0.2, 0) is 4.74 Å². The molecule has 0 spiro atoms. The molecule has 1 rings (SSSR count). The van der Waals surface area contributed by atoms with Crippen LogP contribution in [0.25, 0.3) is 0 Å². The van der Waals surface area contributed by atoms with Gasteiger partial charge in [-0.3, -0.25) is 0 Å². The fourth-order valence-electron chi connectivity index (χ4n) is 1.92. The zero-order valence-electron chi connectivity index (χ0n) is 9.76. The van der Waals surface area contributed by atoms with Crippen LogP contribution in [0.4, 0.5) is 4.79 Å². The summed E-state index contributed by atoms with van der Waals surface area (Å²) in [6, 6.07) is 0. The van der Waals surface area contributed by atoms with E-state index in [0.29, 0.717) is 0 Å². The first kappa shape index (κ1) is 12.3. The number of carbonyl (C=O) groups excluding carboxylic acids is 1. The Bertz CT molecular complexity index is 174. The second kappa shape index (κ2) is 7.55. The van der Waals surface area contributed by atoms with Crippen LogP contribution in [0.15, 0.2) is 0 Å². The second-order valence-electron chi connectivity index (χ2n) is 4.30. The lowest BCUT2D eigenvalue weighted by molar-refractivity contribution is 0.0888. The summed E-state index contributed by atoms with van der Waals surface area (Å²) < 4.78 is 5.37. The van der Waals surface area contributed by atoms with Gasteiger partial charge in [0.1, 0.15) is 6.10 Å². The Hall–Kier alpha value is -0.730. The maximum atomic E-state index is 11.4. The van der Waals surface area contributed by atoms with E-state index in [2.05, 4.69) is 12.2 Å². The molecule has 1 aliphatic carbocycles. The third-order valence-electron chi connectivity index (χ3n) is 2.88. The van der Waals surface area contributed by atoms with Crippen molar-refractivity contribution in [3.63, 3.8) is 0 Å². The Morgan fingerprint density at radius 3 is 2.53 bits per heavy atom. The second-order valence-corrected chi connectivity index (χ2v) is 4.30. The first-order valence-electron chi connectivity index (χ1n) is 6.27. The predicted molar refractivity (Wildman–Crippen MR) is 60.9 cm³/mol. The highest BCUT2D eigenvalue weighted by Crippen LogP contribution is 2.19. The molecule has 1 aliphatic rings. The van der Waals surface area contributed by atoms with Crippen LogP contribution in [0.3, 0.4) is 0 Å². The summed E-state index contributed by atoms with van der Waals surface area (Å²) in [6.45, 7) is 2.85. The summed E-state index contributed by atoms with van der Waals surface area (Å²) in [7, 11) is 0. The molecule has 3 heteroatoms. The van der Waals surface area contributed by atoms with Crippen LogP contribution in [0.5, 0.6) is 0 Å². The maximum Gasteiger partial charge on any atom is 0.407 e. The van der Waals surface area contributed by atoms with Gasteiger partial charge in [0.05, 0.1) is 0 Å². The minimum absolute atomic E-state index is 0.161.